The van der Waals surface area contributed by atoms with Crippen LogP contribution < -0.4 is 5.32 Å². The number of amides is 1. The number of carbonyl (C=O) groups is 1. The molecular weight excluding hydrogens is 354 g/mol. The standard InChI is InChI=1S/C19H22BrNO2/c1-14(13-17-5-4-12-23-17)21-18(22)19(10-2-3-11-19)15-6-8-16(20)9-7-15/h4-9,12,14H,2-3,10-11,13H2,1H3,(H,21,22). The number of carbonyl (C=O) groups excluding carboxylic acids is 1. The quantitative estimate of drug-likeness (QED) is 0.829. The summed E-state index contributed by atoms with van der Waals surface area (Å²) in [6.45, 7) is 2.03. The Morgan fingerprint density at radius 1 is 1.26 bits per heavy atom. The first-order valence-corrected chi connectivity index (χ1v) is 8.99. The van der Waals surface area contributed by atoms with Crippen LogP contribution in [0.15, 0.2) is 51.6 Å². The summed E-state index contributed by atoms with van der Waals surface area (Å²) in [6, 6.07) is 12.1. The minimum atomic E-state index is -0.377. The molecule has 0 radical (unpaired) electrons. The zero-order valence-corrected chi connectivity index (χ0v) is 14.9. The van der Waals surface area contributed by atoms with Gasteiger partial charge in [-0.3, -0.25) is 4.79 Å². The van der Waals surface area contributed by atoms with Gasteiger partial charge in [0.2, 0.25) is 5.91 Å². The van der Waals surface area contributed by atoms with Crippen molar-refractivity contribution >= 4 is 21.8 Å². The summed E-state index contributed by atoms with van der Waals surface area (Å²) in [6.07, 6.45) is 6.45. The van der Waals surface area contributed by atoms with Gasteiger partial charge < -0.3 is 9.73 Å². The number of hydrogen-bond donors (Lipinski definition) is 1. The van der Waals surface area contributed by atoms with Crippen molar-refractivity contribution in [2.45, 2.75) is 50.5 Å². The Morgan fingerprint density at radius 2 is 1.96 bits per heavy atom. The fourth-order valence-electron chi connectivity index (χ4n) is 3.54. The maximum Gasteiger partial charge on any atom is 0.230 e. The Kier molecular flexibility index (Phi) is 4.90. The van der Waals surface area contributed by atoms with Crippen LogP contribution in [0.1, 0.15) is 43.9 Å². The van der Waals surface area contributed by atoms with Gasteiger partial charge in [0.1, 0.15) is 5.76 Å². The van der Waals surface area contributed by atoms with Gasteiger partial charge in [0, 0.05) is 16.9 Å². The molecule has 0 aliphatic heterocycles. The molecule has 1 aromatic carbocycles. The van der Waals surface area contributed by atoms with Gasteiger partial charge in [0.05, 0.1) is 11.7 Å². The third-order valence-corrected chi connectivity index (χ3v) is 5.28. The average Bonchev–Trinajstić information content (AvgIpc) is 3.19. The molecule has 1 saturated carbocycles. The molecular formula is C19H22BrNO2. The van der Waals surface area contributed by atoms with Gasteiger partial charge in [-0.1, -0.05) is 40.9 Å². The lowest BCUT2D eigenvalue weighted by atomic mass is 9.78. The van der Waals surface area contributed by atoms with Gasteiger partial charge in [-0.2, -0.15) is 0 Å². The van der Waals surface area contributed by atoms with Crippen LogP contribution in [-0.2, 0) is 16.6 Å². The zero-order valence-electron chi connectivity index (χ0n) is 13.3. The van der Waals surface area contributed by atoms with E-state index in [1.807, 2.05) is 31.2 Å². The number of halogens is 1. The van der Waals surface area contributed by atoms with E-state index in [1.165, 1.54) is 0 Å². The topological polar surface area (TPSA) is 42.2 Å². The molecule has 2 aromatic rings. The minimum absolute atomic E-state index is 0.0570. The third-order valence-electron chi connectivity index (χ3n) is 4.75. The first kappa shape index (κ1) is 16.3. The predicted octanol–water partition coefficient (Wildman–Crippen LogP) is 4.60. The summed E-state index contributed by atoms with van der Waals surface area (Å²) >= 11 is 3.47. The fraction of sp³-hybridized carbons (Fsp3) is 0.421. The van der Waals surface area contributed by atoms with E-state index >= 15 is 0 Å². The van der Waals surface area contributed by atoms with Gasteiger partial charge in [0.25, 0.3) is 0 Å². The molecule has 1 N–H and O–H groups in total. The lowest BCUT2D eigenvalue weighted by Crippen LogP contribution is -2.46. The van der Waals surface area contributed by atoms with Crippen LogP contribution in [-0.4, -0.2) is 11.9 Å². The molecule has 1 unspecified atom stereocenters. The summed E-state index contributed by atoms with van der Waals surface area (Å²) in [5.41, 5.74) is 0.749. The fourth-order valence-corrected chi connectivity index (χ4v) is 3.80. The summed E-state index contributed by atoms with van der Waals surface area (Å²) in [5.74, 6) is 1.05. The van der Waals surface area contributed by atoms with Crippen molar-refractivity contribution in [1.82, 2.24) is 5.32 Å². The highest BCUT2D eigenvalue weighted by Crippen LogP contribution is 2.41. The van der Waals surface area contributed by atoms with Crippen molar-refractivity contribution in [3.8, 4) is 0 Å². The number of hydrogen-bond acceptors (Lipinski definition) is 2. The van der Waals surface area contributed by atoms with Crippen LogP contribution in [0.25, 0.3) is 0 Å². The lowest BCUT2D eigenvalue weighted by molar-refractivity contribution is -0.127. The molecule has 1 aromatic heterocycles. The molecule has 1 atom stereocenters. The van der Waals surface area contributed by atoms with E-state index in [4.69, 9.17) is 4.42 Å². The number of nitrogens with one attached hydrogen (secondary N) is 1. The zero-order chi connectivity index (χ0) is 16.3. The van der Waals surface area contributed by atoms with Crippen LogP contribution in [0, 0.1) is 0 Å². The van der Waals surface area contributed by atoms with E-state index in [1.54, 1.807) is 6.26 Å². The molecule has 3 nitrogen and oxygen atoms in total. The van der Waals surface area contributed by atoms with Gasteiger partial charge >= 0.3 is 0 Å². The van der Waals surface area contributed by atoms with Gasteiger partial charge in [-0.15, -0.1) is 0 Å². The molecule has 1 aliphatic carbocycles. The number of furan rings is 1. The monoisotopic (exact) mass is 375 g/mol. The number of benzene rings is 1. The normalized spacial score (nSPS) is 17.8. The van der Waals surface area contributed by atoms with Crippen molar-refractivity contribution in [1.29, 1.82) is 0 Å². The second kappa shape index (κ2) is 6.91. The van der Waals surface area contributed by atoms with E-state index in [9.17, 15) is 4.79 Å². The van der Waals surface area contributed by atoms with Crippen LogP contribution >= 0.6 is 15.9 Å². The van der Waals surface area contributed by atoms with Crippen molar-refractivity contribution < 1.29 is 9.21 Å². The van der Waals surface area contributed by atoms with Crippen molar-refractivity contribution in [2.24, 2.45) is 0 Å². The molecule has 1 heterocycles. The Hall–Kier alpha value is -1.55. The molecule has 1 amide bonds. The highest BCUT2D eigenvalue weighted by atomic mass is 79.9. The van der Waals surface area contributed by atoms with E-state index in [0.717, 1.165) is 47.9 Å². The van der Waals surface area contributed by atoms with Crippen LogP contribution in [0.4, 0.5) is 0 Å². The number of rotatable bonds is 5. The predicted molar refractivity (Wildman–Crippen MR) is 94.3 cm³/mol. The van der Waals surface area contributed by atoms with E-state index < -0.39 is 0 Å². The van der Waals surface area contributed by atoms with Crippen molar-refractivity contribution in [3.05, 3.63) is 58.5 Å². The Bertz CT molecular complexity index is 643. The molecule has 0 saturated heterocycles. The summed E-state index contributed by atoms with van der Waals surface area (Å²) in [4.78, 5) is 13.0. The van der Waals surface area contributed by atoms with E-state index in [0.29, 0.717) is 0 Å². The van der Waals surface area contributed by atoms with Gasteiger partial charge in [-0.05, 0) is 49.6 Å². The summed E-state index contributed by atoms with van der Waals surface area (Å²) in [5, 5.41) is 3.20. The van der Waals surface area contributed by atoms with E-state index in [2.05, 4.69) is 33.4 Å². The van der Waals surface area contributed by atoms with E-state index in [-0.39, 0.29) is 17.4 Å². The first-order chi connectivity index (χ1) is 11.1. The van der Waals surface area contributed by atoms with Crippen LogP contribution in [0.2, 0.25) is 0 Å². The molecule has 0 bridgehead atoms. The molecule has 23 heavy (non-hydrogen) atoms. The van der Waals surface area contributed by atoms with Crippen LogP contribution in [0.3, 0.4) is 0 Å². The molecule has 1 aliphatic rings. The average molecular weight is 376 g/mol. The van der Waals surface area contributed by atoms with Crippen LogP contribution in [0.5, 0.6) is 0 Å². The second-order valence-corrected chi connectivity index (χ2v) is 7.37. The highest BCUT2D eigenvalue weighted by molar-refractivity contribution is 9.10. The molecule has 0 spiro atoms. The molecule has 4 heteroatoms. The molecule has 1 fully saturated rings. The maximum atomic E-state index is 13.0. The maximum absolute atomic E-state index is 13.0. The lowest BCUT2D eigenvalue weighted by Gasteiger charge is -2.30. The highest BCUT2D eigenvalue weighted by Gasteiger charge is 2.42. The smallest absolute Gasteiger partial charge is 0.230 e. The first-order valence-electron chi connectivity index (χ1n) is 8.19. The van der Waals surface area contributed by atoms with Gasteiger partial charge in [0.15, 0.2) is 0 Å². The minimum Gasteiger partial charge on any atom is -0.469 e. The Labute approximate surface area is 145 Å². The summed E-state index contributed by atoms with van der Waals surface area (Å²) in [7, 11) is 0. The Balaban J connectivity index is 1.75. The second-order valence-electron chi connectivity index (χ2n) is 6.45. The summed E-state index contributed by atoms with van der Waals surface area (Å²) < 4.78 is 6.42. The molecule has 3 rings (SSSR count). The SMILES string of the molecule is CC(Cc1ccco1)NC(=O)C1(c2ccc(Br)cc2)CCCC1. The molecule has 122 valence electrons. The van der Waals surface area contributed by atoms with Crippen molar-refractivity contribution in [2.75, 3.05) is 0 Å². The Morgan fingerprint density at radius 3 is 2.57 bits per heavy atom. The van der Waals surface area contributed by atoms with Gasteiger partial charge in [-0.25, -0.2) is 0 Å². The largest absolute Gasteiger partial charge is 0.469 e. The van der Waals surface area contributed by atoms with Crippen molar-refractivity contribution in [3.63, 3.8) is 0 Å². The third kappa shape index (κ3) is 3.52.